The van der Waals surface area contributed by atoms with Crippen LogP contribution in [-0.2, 0) is 0 Å². The molecule has 2 nitrogen and oxygen atoms in total. The van der Waals surface area contributed by atoms with E-state index >= 15 is 0 Å². The third-order valence-electron chi connectivity index (χ3n) is 4.88. The van der Waals surface area contributed by atoms with E-state index in [2.05, 4.69) is 49.5 Å². The van der Waals surface area contributed by atoms with Crippen LogP contribution in [0.5, 0.6) is 0 Å². The van der Waals surface area contributed by atoms with E-state index in [4.69, 9.17) is 5.11 Å². The molecule has 0 heterocycles. The minimum Gasteiger partial charge on any atom is -0.396 e. The first-order valence-electron chi connectivity index (χ1n) is 8.50. The minimum atomic E-state index is 0.291. The van der Waals surface area contributed by atoms with Crippen LogP contribution in [0.3, 0.4) is 0 Å². The summed E-state index contributed by atoms with van der Waals surface area (Å²) in [6.45, 7) is 5.97. The van der Waals surface area contributed by atoms with Gasteiger partial charge in [0.15, 0.2) is 0 Å². The lowest BCUT2D eigenvalue weighted by Gasteiger charge is -2.33. The van der Waals surface area contributed by atoms with Crippen LogP contribution in [0.1, 0.15) is 63.9 Å². The van der Waals surface area contributed by atoms with Gasteiger partial charge in [0.05, 0.1) is 0 Å². The number of rotatable bonds is 7. The van der Waals surface area contributed by atoms with Crippen LogP contribution >= 0.6 is 0 Å². The van der Waals surface area contributed by atoms with Crippen molar-refractivity contribution in [2.45, 2.75) is 64.3 Å². The van der Waals surface area contributed by atoms with Crippen LogP contribution in [0.4, 0.5) is 0 Å². The van der Waals surface area contributed by atoms with Crippen LogP contribution in [-0.4, -0.2) is 24.3 Å². The predicted octanol–water partition coefficient (Wildman–Crippen LogP) is 4.10. The van der Waals surface area contributed by atoms with Crippen molar-refractivity contribution in [1.29, 1.82) is 0 Å². The number of hydrogen-bond acceptors (Lipinski definition) is 2. The van der Waals surface area contributed by atoms with E-state index in [-0.39, 0.29) is 0 Å². The maximum absolute atomic E-state index is 8.96. The van der Waals surface area contributed by atoms with Crippen molar-refractivity contribution >= 4 is 0 Å². The van der Waals surface area contributed by atoms with Crippen LogP contribution in [0.25, 0.3) is 0 Å². The van der Waals surface area contributed by atoms with Gasteiger partial charge < -0.3 is 10.4 Å². The Labute approximate surface area is 130 Å². The Kier molecular flexibility index (Phi) is 6.25. The Morgan fingerprint density at radius 1 is 1.10 bits per heavy atom. The molecule has 2 heteroatoms. The molecular formula is C19H31NO. The largest absolute Gasteiger partial charge is 0.396 e. The molecule has 0 radical (unpaired) electrons. The summed E-state index contributed by atoms with van der Waals surface area (Å²) in [5.74, 6) is 0.756. The number of nitrogens with one attached hydrogen (secondary N) is 1. The molecule has 0 bridgehead atoms. The van der Waals surface area contributed by atoms with Gasteiger partial charge in [0.2, 0.25) is 0 Å². The van der Waals surface area contributed by atoms with Crippen molar-refractivity contribution in [1.82, 2.24) is 5.32 Å². The van der Waals surface area contributed by atoms with Crippen molar-refractivity contribution < 1.29 is 5.11 Å². The van der Waals surface area contributed by atoms with Crippen LogP contribution < -0.4 is 5.32 Å². The summed E-state index contributed by atoms with van der Waals surface area (Å²) in [4.78, 5) is 0. The first kappa shape index (κ1) is 16.5. The van der Waals surface area contributed by atoms with Crippen molar-refractivity contribution in [3.63, 3.8) is 0 Å². The van der Waals surface area contributed by atoms with Crippen molar-refractivity contribution in [3.05, 3.63) is 35.9 Å². The lowest BCUT2D eigenvalue weighted by Crippen LogP contribution is -2.39. The summed E-state index contributed by atoms with van der Waals surface area (Å²) in [6.07, 6.45) is 7.19. The summed E-state index contributed by atoms with van der Waals surface area (Å²) >= 11 is 0. The van der Waals surface area contributed by atoms with Crippen LogP contribution in [0.2, 0.25) is 0 Å². The molecule has 21 heavy (non-hydrogen) atoms. The molecule has 2 rings (SSSR count). The van der Waals surface area contributed by atoms with Gasteiger partial charge in [-0.1, -0.05) is 44.2 Å². The molecule has 0 aromatic heterocycles. The minimum absolute atomic E-state index is 0.291. The quantitative estimate of drug-likeness (QED) is 0.792. The van der Waals surface area contributed by atoms with Crippen molar-refractivity contribution in [3.8, 4) is 0 Å². The van der Waals surface area contributed by atoms with Gasteiger partial charge in [-0.05, 0) is 55.4 Å². The molecule has 2 N–H and O–H groups in total. The van der Waals surface area contributed by atoms with Gasteiger partial charge in [0.1, 0.15) is 0 Å². The van der Waals surface area contributed by atoms with Crippen molar-refractivity contribution in [2.24, 2.45) is 5.41 Å². The summed E-state index contributed by atoms with van der Waals surface area (Å²) in [6, 6.07) is 11.6. The first-order chi connectivity index (χ1) is 10.1. The average Bonchev–Trinajstić information content (AvgIpc) is 2.53. The number of aliphatic hydroxyl groups excluding tert-OH is 1. The average molecular weight is 289 g/mol. The van der Waals surface area contributed by atoms with Gasteiger partial charge in [0.25, 0.3) is 0 Å². The van der Waals surface area contributed by atoms with E-state index in [1.165, 1.54) is 31.2 Å². The molecule has 0 atom stereocenters. The molecule has 0 amide bonds. The molecular weight excluding hydrogens is 258 g/mol. The van der Waals surface area contributed by atoms with Gasteiger partial charge in [0, 0.05) is 19.2 Å². The zero-order valence-corrected chi connectivity index (χ0v) is 13.6. The van der Waals surface area contributed by atoms with Gasteiger partial charge >= 0.3 is 0 Å². The Hall–Kier alpha value is -0.860. The van der Waals surface area contributed by atoms with Gasteiger partial charge in [-0.25, -0.2) is 0 Å². The third-order valence-corrected chi connectivity index (χ3v) is 4.88. The van der Waals surface area contributed by atoms with Crippen LogP contribution in [0.15, 0.2) is 30.3 Å². The molecule has 1 fully saturated rings. The molecule has 0 spiro atoms. The molecule has 1 aliphatic rings. The number of benzene rings is 1. The first-order valence-corrected chi connectivity index (χ1v) is 8.50. The maximum Gasteiger partial charge on any atom is 0.0431 e. The van der Waals surface area contributed by atoms with E-state index in [0.717, 1.165) is 25.3 Å². The highest BCUT2D eigenvalue weighted by atomic mass is 16.2. The highest BCUT2D eigenvalue weighted by Crippen LogP contribution is 2.33. The lowest BCUT2D eigenvalue weighted by atomic mass is 9.81. The molecule has 1 aliphatic carbocycles. The SMILES string of the molecule is CC(C)(CCCO)CNC1CCC(c2ccccc2)CC1. The Morgan fingerprint density at radius 3 is 2.38 bits per heavy atom. The van der Waals surface area contributed by atoms with E-state index < -0.39 is 0 Å². The van der Waals surface area contributed by atoms with E-state index in [9.17, 15) is 0 Å². The summed E-state index contributed by atoms with van der Waals surface area (Å²) in [5.41, 5.74) is 1.80. The Balaban J connectivity index is 1.72. The Bertz CT molecular complexity index is 393. The van der Waals surface area contributed by atoms with E-state index in [1.807, 2.05) is 0 Å². The molecule has 0 unspecified atom stereocenters. The topological polar surface area (TPSA) is 32.3 Å². The summed E-state index contributed by atoms with van der Waals surface area (Å²) in [5, 5.41) is 12.7. The maximum atomic E-state index is 8.96. The molecule has 118 valence electrons. The van der Waals surface area contributed by atoms with Gasteiger partial charge in [-0.15, -0.1) is 0 Å². The molecule has 0 aliphatic heterocycles. The lowest BCUT2D eigenvalue weighted by molar-refractivity contribution is 0.223. The zero-order chi connectivity index (χ0) is 15.1. The van der Waals surface area contributed by atoms with Crippen molar-refractivity contribution in [2.75, 3.05) is 13.2 Å². The number of hydrogen-bond donors (Lipinski definition) is 2. The highest BCUT2D eigenvalue weighted by molar-refractivity contribution is 5.20. The second kappa shape index (κ2) is 7.95. The van der Waals surface area contributed by atoms with E-state index in [1.54, 1.807) is 0 Å². The second-order valence-corrected chi connectivity index (χ2v) is 7.33. The highest BCUT2D eigenvalue weighted by Gasteiger charge is 2.24. The zero-order valence-electron chi connectivity index (χ0n) is 13.6. The number of aliphatic hydroxyl groups is 1. The van der Waals surface area contributed by atoms with Gasteiger partial charge in [-0.3, -0.25) is 0 Å². The third kappa shape index (κ3) is 5.44. The fourth-order valence-corrected chi connectivity index (χ4v) is 3.42. The summed E-state index contributed by atoms with van der Waals surface area (Å²) in [7, 11) is 0. The molecule has 1 aromatic carbocycles. The molecule has 0 saturated heterocycles. The monoisotopic (exact) mass is 289 g/mol. The van der Waals surface area contributed by atoms with E-state index in [0.29, 0.717) is 18.1 Å². The second-order valence-electron chi connectivity index (χ2n) is 7.33. The normalized spacial score (nSPS) is 23.2. The Morgan fingerprint density at radius 2 is 1.76 bits per heavy atom. The smallest absolute Gasteiger partial charge is 0.0431 e. The molecule has 1 saturated carbocycles. The van der Waals surface area contributed by atoms with Gasteiger partial charge in [-0.2, -0.15) is 0 Å². The fourth-order valence-electron chi connectivity index (χ4n) is 3.42. The molecule has 1 aromatic rings. The standard InChI is InChI=1S/C19H31NO/c1-19(2,13-6-14-21)15-20-18-11-9-17(10-12-18)16-7-4-3-5-8-16/h3-5,7-8,17-18,20-21H,6,9-15H2,1-2H3. The van der Waals surface area contributed by atoms with Crippen LogP contribution in [0, 0.1) is 5.41 Å². The fraction of sp³-hybridized carbons (Fsp3) is 0.684. The summed E-state index contributed by atoms with van der Waals surface area (Å²) < 4.78 is 0. The predicted molar refractivity (Wildman–Crippen MR) is 89.5 cm³/mol.